The first kappa shape index (κ1) is 31.2. The van der Waals surface area contributed by atoms with Gasteiger partial charge in [-0.15, -0.1) is 15.0 Å². The van der Waals surface area contributed by atoms with Gasteiger partial charge in [0.15, 0.2) is 5.54 Å². The average Bonchev–Trinajstić information content (AvgIpc) is 3.81. The molecule has 0 unspecified atom stereocenters. The molecule has 3 heterocycles. The molecule has 1 fully saturated rings. The van der Waals surface area contributed by atoms with Gasteiger partial charge in [0.05, 0.1) is 11.7 Å². The van der Waals surface area contributed by atoms with E-state index in [1.807, 2.05) is 95.6 Å². The minimum atomic E-state index is -0.916. The van der Waals surface area contributed by atoms with E-state index in [1.165, 1.54) is 0 Å². The van der Waals surface area contributed by atoms with Gasteiger partial charge in [-0.3, -0.25) is 4.68 Å². The fraction of sp³-hybridized carbons (Fsp3) is 0.195. The van der Waals surface area contributed by atoms with Crippen LogP contribution < -0.4 is 5.32 Å². The van der Waals surface area contributed by atoms with Crippen molar-refractivity contribution in [3.05, 3.63) is 150 Å². The quantitative estimate of drug-likeness (QED) is 0.175. The topological polar surface area (TPSA) is 93.8 Å². The molecule has 0 spiro atoms. The van der Waals surface area contributed by atoms with Crippen LogP contribution in [-0.4, -0.2) is 54.0 Å². The van der Waals surface area contributed by atoms with Crippen LogP contribution in [-0.2, 0) is 12.6 Å². The monoisotopic (exact) mass is 658 g/mol. The minimum absolute atomic E-state index is 0.0970. The number of anilines is 1. The molecule has 0 radical (unpaired) electrons. The lowest BCUT2D eigenvalue weighted by molar-refractivity contribution is 0.186. The number of piperidine rings is 1. The molecule has 1 saturated heterocycles. The number of amides is 2. The van der Waals surface area contributed by atoms with Crippen molar-refractivity contribution in [2.75, 3.05) is 18.4 Å². The molecular formula is C41H38N8O. The second-order valence-corrected chi connectivity index (χ2v) is 13.1. The third kappa shape index (κ3) is 5.60. The van der Waals surface area contributed by atoms with E-state index in [1.54, 1.807) is 4.80 Å². The van der Waals surface area contributed by atoms with E-state index in [9.17, 15) is 4.79 Å². The van der Waals surface area contributed by atoms with Crippen LogP contribution in [0.15, 0.2) is 134 Å². The third-order valence-corrected chi connectivity index (χ3v) is 9.93. The number of aromatic nitrogens is 6. The molecule has 8 rings (SSSR count). The number of benzene rings is 5. The summed E-state index contributed by atoms with van der Waals surface area (Å²) in [6.07, 6.45) is 3.88. The number of urea groups is 1. The second-order valence-electron chi connectivity index (χ2n) is 13.1. The van der Waals surface area contributed by atoms with Crippen molar-refractivity contribution in [3.8, 4) is 22.5 Å². The van der Waals surface area contributed by atoms with Crippen molar-refractivity contribution < 1.29 is 4.79 Å². The number of carbonyl (C=O) groups is 1. The number of rotatable bonds is 7. The number of nitrogens with one attached hydrogen (secondary N) is 1. The van der Waals surface area contributed by atoms with E-state index < -0.39 is 5.54 Å². The Balaban J connectivity index is 1.29. The van der Waals surface area contributed by atoms with Crippen LogP contribution in [0.25, 0.3) is 33.4 Å². The number of hydrogen-bond donors (Lipinski definition) is 1. The van der Waals surface area contributed by atoms with Crippen LogP contribution in [0.5, 0.6) is 0 Å². The molecule has 0 bridgehead atoms. The Morgan fingerprint density at radius 2 is 1.38 bits per heavy atom. The molecule has 50 heavy (non-hydrogen) atoms. The van der Waals surface area contributed by atoms with Crippen LogP contribution in [0.2, 0.25) is 0 Å². The average molecular weight is 659 g/mol. The summed E-state index contributed by atoms with van der Waals surface area (Å²) in [5.74, 6) is 1.08. The van der Waals surface area contributed by atoms with Gasteiger partial charge >= 0.3 is 6.03 Å². The number of fused-ring (bicyclic) bond motifs is 1. The lowest BCUT2D eigenvalue weighted by atomic mass is 9.77. The Morgan fingerprint density at radius 3 is 2.00 bits per heavy atom. The molecule has 9 nitrogen and oxygen atoms in total. The van der Waals surface area contributed by atoms with Crippen LogP contribution in [0.1, 0.15) is 36.5 Å². The zero-order valence-corrected chi connectivity index (χ0v) is 28.1. The summed E-state index contributed by atoms with van der Waals surface area (Å²) in [6, 6.07) is 43.0. The highest BCUT2D eigenvalue weighted by Gasteiger charge is 2.41. The highest BCUT2D eigenvalue weighted by Crippen LogP contribution is 2.41. The zero-order valence-electron chi connectivity index (χ0n) is 28.1. The van der Waals surface area contributed by atoms with Gasteiger partial charge in [0, 0.05) is 36.8 Å². The molecule has 1 aliphatic heterocycles. The fourth-order valence-corrected chi connectivity index (χ4v) is 7.15. The molecular weight excluding hydrogens is 621 g/mol. The standard InChI is InChI=1S/C41H38N8O/c1-29-22-24-48(25-23-29)40(50)43-35-19-20-36(30-18-21-38-31(26-30)28-42-47(38)2)37(27-35)39-44-46-49(45-39)41(32-12-6-3-7-13-32,33-14-8-4-9-15-33)34-16-10-5-11-17-34/h3-21,26-29H,22-25H2,1-2H3,(H,43,50). The minimum Gasteiger partial charge on any atom is -0.325 e. The van der Waals surface area contributed by atoms with E-state index in [-0.39, 0.29) is 6.03 Å². The SMILES string of the molecule is CC1CCN(C(=O)Nc2ccc(-c3ccc4c(cnn4C)c3)c(-c3nnn(C(c4ccccc4)(c4ccccc4)c4ccccc4)n3)c2)CC1. The Labute approximate surface area is 291 Å². The number of nitrogens with zero attached hydrogens (tertiary/aromatic N) is 7. The Kier molecular flexibility index (Phi) is 8.16. The maximum absolute atomic E-state index is 13.4. The van der Waals surface area contributed by atoms with Gasteiger partial charge in [-0.1, -0.05) is 110 Å². The van der Waals surface area contributed by atoms with E-state index >= 15 is 0 Å². The largest absolute Gasteiger partial charge is 0.325 e. The highest BCUT2D eigenvalue weighted by atomic mass is 16.2. The summed E-state index contributed by atoms with van der Waals surface area (Å²) >= 11 is 0. The van der Waals surface area contributed by atoms with Gasteiger partial charge in [0.25, 0.3) is 0 Å². The molecule has 248 valence electrons. The molecule has 5 aromatic carbocycles. The van der Waals surface area contributed by atoms with E-state index in [2.05, 4.69) is 71.9 Å². The number of likely N-dealkylation sites (tertiary alicyclic amines) is 1. The number of hydrogen-bond acceptors (Lipinski definition) is 5. The number of carbonyl (C=O) groups excluding carboxylic acids is 1. The molecule has 2 amide bonds. The van der Waals surface area contributed by atoms with Crippen LogP contribution in [0.3, 0.4) is 0 Å². The highest BCUT2D eigenvalue weighted by molar-refractivity contribution is 5.93. The predicted octanol–water partition coefficient (Wildman–Crippen LogP) is 8.00. The van der Waals surface area contributed by atoms with Crippen molar-refractivity contribution in [3.63, 3.8) is 0 Å². The second kappa shape index (κ2) is 13.1. The third-order valence-electron chi connectivity index (χ3n) is 9.93. The summed E-state index contributed by atoms with van der Waals surface area (Å²) in [7, 11) is 1.94. The summed E-state index contributed by atoms with van der Waals surface area (Å²) in [5, 5.41) is 23.4. The molecule has 2 aromatic heterocycles. The molecule has 9 heteroatoms. The predicted molar refractivity (Wildman–Crippen MR) is 197 cm³/mol. The summed E-state index contributed by atoms with van der Waals surface area (Å²) in [5.41, 5.74) is 6.46. The zero-order chi connectivity index (χ0) is 34.1. The molecule has 0 atom stereocenters. The van der Waals surface area contributed by atoms with Crippen molar-refractivity contribution in [1.82, 2.24) is 34.9 Å². The van der Waals surface area contributed by atoms with E-state index in [0.717, 1.165) is 70.2 Å². The molecule has 1 N–H and O–H groups in total. The lowest BCUT2D eigenvalue weighted by Gasteiger charge is -2.34. The van der Waals surface area contributed by atoms with E-state index in [4.69, 9.17) is 15.4 Å². The van der Waals surface area contributed by atoms with Crippen LogP contribution >= 0.6 is 0 Å². The summed E-state index contributed by atoms with van der Waals surface area (Å²) in [6.45, 7) is 3.74. The first-order chi connectivity index (χ1) is 24.5. The van der Waals surface area contributed by atoms with Crippen LogP contribution in [0, 0.1) is 5.92 Å². The Hall–Kier alpha value is -6.09. The van der Waals surface area contributed by atoms with Crippen molar-refractivity contribution >= 4 is 22.6 Å². The Bertz CT molecular complexity index is 2160. The maximum atomic E-state index is 13.4. The molecule has 0 saturated carbocycles. The van der Waals surface area contributed by atoms with Gasteiger partial charge in [-0.05, 0) is 76.1 Å². The summed E-state index contributed by atoms with van der Waals surface area (Å²) < 4.78 is 1.86. The molecule has 7 aromatic rings. The van der Waals surface area contributed by atoms with E-state index in [0.29, 0.717) is 17.4 Å². The number of aryl methyl sites for hydroxylation is 1. The molecule has 0 aliphatic carbocycles. The smallest absolute Gasteiger partial charge is 0.321 e. The number of tetrazole rings is 1. The van der Waals surface area contributed by atoms with Crippen molar-refractivity contribution in [2.24, 2.45) is 13.0 Å². The normalized spacial score (nSPS) is 13.8. The molecule has 1 aliphatic rings. The van der Waals surface area contributed by atoms with Gasteiger partial charge in [0.1, 0.15) is 0 Å². The van der Waals surface area contributed by atoms with Gasteiger partial charge < -0.3 is 10.2 Å². The summed E-state index contributed by atoms with van der Waals surface area (Å²) in [4.78, 5) is 17.0. The van der Waals surface area contributed by atoms with Gasteiger partial charge in [-0.25, -0.2) is 4.79 Å². The van der Waals surface area contributed by atoms with Gasteiger partial charge in [-0.2, -0.15) is 5.10 Å². The maximum Gasteiger partial charge on any atom is 0.321 e. The first-order valence-corrected chi connectivity index (χ1v) is 17.1. The fourth-order valence-electron chi connectivity index (χ4n) is 7.15. The van der Waals surface area contributed by atoms with Crippen molar-refractivity contribution in [1.29, 1.82) is 0 Å². The first-order valence-electron chi connectivity index (χ1n) is 17.1. The van der Waals surface area contributed by atoms with Crippen LogP contribution in [0.4, 0.5) is 10.5 Å². The van der Waals surface area contributed by atoms with Gasteiger partial charge in [0.2, 0.25) is 5.82 Å². The lowest BCUT2D eigenvalue weighted by Crippen LogP contribution is -2.40. The van der Waals surface area contributed by atoms with Crippen molar-refractivity contribution in [2.45, 2.75) is 25.3 Å². The Morgan fingerprint density at radius 1 is 0.760 bits per heavy atom.